The van der Waals surface area contributed by atoms with Crippen molar-refractivity contribution in [3.05, 3.63) is 68.2 Å². The molecule has 1 saturated heterocycles. The van der Waals surface area contributed by atoms with Crippen molar-refractivity contribution in [1.29, 1.82) is 0 Å². The van der Waals surface area contributed by atoms with Crippen LogP contribution >= 0.6 is 23.2 Å². The van der Waals surface area contributed by atoms with Crippen LogP contribution in [0.15, 0.2) is 42.5 Å². The molecule has 0 aliphatic carbocycles. The van der Waals surface area contributed by atoms with E-state index in [1.54, 1.807) is 18.2 Å². The maximum atomic E-state index is 12.5. The number of halogens is 2. The largest absolute Gasteiger partial charge is 0.368 e. The zero-order chi connectivity index (χ0) is 19.4. The van der Waals surface area contributed by atoms with Crippen LogP contribution in [-0.2, 0) is 11.2 Å². The molecule has 2 aromatic rings. The first-order chi connectivity index (χ1) is 13.0. The maximum absolute atomic E-state index is 12.5. The van der Waals surface area contributed by atoms with Gasteiger partial charge in [-0.1, -0.05) is 41.4 Å². The van der Waals surface area contributed by atoms with Gasteiger partial charge in [0.2, 0.25) is 5.91 Å². The van der Waals surface area contributed by atoms with E-state index in [-0.39, 0.29) is 11.6 Å². The first-order valence-corrected chi connectivity index (χ1v) is 9.41. The molecule has 0 saturated carbocycles. The van der Waals surface area contributed by atoms with Gasteiger partial charge in [0.15, 0.2) is 0 Å². The molecule has 1 aliphatic heterocycles. The molecular formula is C19H19Cl2N3O3. The Labute approximate surface area is 167 Å². The Bertz CT molecular complexity index is 852. The lowest BCUT2D eigenvalue weighted by Crippen LogP contribution is -2.48. The Hall–Kier alpha value is -2.31. The molecule has 0 bridgehead atoms. The summed E-state index contributed by atoms with van der Waals surface area (Å²) >= 11 is 12.2. The van der Waals surface area contributed by atoms with Crippen molar-refractivity contribution in [2.75, 3.05) is 31.1 Å². The van der Waals surface area contributed by atoms with Crippen LogP contribution in [0.2, 0.25) is 10.0 Å². The molecule has 1 amide bonds. The molecule has 0 unspecified atom stereocenters. The molecule has 1 heterocycles. The molecule has 0 aromatic heterocycles. The van der Waals surface area contributed by atoms with Crippen molar-refractivity contribution in [2.45, 2.75) is 12.8 Å². The molecule has 27 heavy (non-hydrogen) atoms. The Kier molecular flexibility index (Phi) is 6.19. The second-order valence-corrected chi connectivity index (χ2v) is 7.14. The van der Waals surface area contributed by atoms with Gasteiger partial charge in [-0.05, 0) is 24.1 Å². The number of carbonyl (C=O) groups is 1. The van der Waals surface area contributed by atoms with Crippen LogP contribution < -0.4 is 4.90 Å². The monoisotopic (exact) mass is 407 g/mol. The number of nitro groups is 1. The highest BCUT2D eigenvalue weighted by Gasteiger charge is 2.22. The molecule has 3 rings (SSSR count). The molecule has 8 heteroatoms. The number of hydrogen-bond donors (Lipinski definition) is 0. The van der Waals surface area contributed by atoms with Crippen molar-refractivity contribution in [3.63, 3.8) is 0 Å². The quantitative estimate of drug-likeness (QED) is 0.550. The number of piperazine rings is 1. The second kappa shape index (κ2) is 8.59. The van der Waals surface area contributed by atoms with E-state index in [4.69, 9.17) is 23.2 Å². The Balaban J connectivity index is 1.54. The molecule has 6 nitrogen and oxygen atoms in total. The molecule has 0 N–H and O–H groups in total. The molecule has 0 radical (unpaired) electrons. The molecule has 0 spiro atoms. The van der Waals surface area contributed by atoms with E-state index >= 15 is 0 Å². The summed E-state index contributed by atoms with van der Waals surface area (Å²) in [6.07, 6.45) is 0.917. The summed E-state index contributed by atoms with van der Waals surface area (Å²) in [6, 6.07) is 12.0. The summed E-state index contributed by atoms with van der Waals surface area (Å²) in [4.78, 5) is 26.9. The Morgan fingerprint density at radius 3 is 2.48 bits per heavy atom. The number of carbonyl (C=O) groups excluding carboxylic acids is 1. The summed E-state index contributed by atoms with van der Waals surface area (Å²) < 4.78 is 0. The standard InChI is InChI=1S/C19H19Cl2N3O3/c20-17-6-1-3-14(19(17)21)7-8-18(25)23-11-9-22(10-12-23)15-4-2-5-16(13-15)24(26)27/h1-6,13H,7-12H2. The predicted octanol–water partition coefficient (Wildman–Crippen LogP) is 4.18. The van der Waals surface area contributed by atoms with E-state index in [1.165, 1.54) is 6.07 Å². The van der Waals surface area contributed by atoms with Crippen LogP contribution in [0.5, 0.6) is 0 Å². The SMILES string of the molecule is O=C(CCc1cccc(Cl)c1Cl)N1CCN(c2cccc([N+](=O)[O-])c2)CC1. The fourth-order valence-electron chi connectivity index (χ4n) is 3.16. The van der Waals surface area contributed by atoms with Crippen molar-refractivity contribution in [1.82, 2.24) is 4.90 Å². The lowest BCUT2D eigenvalue weighted by Gasteiger charge is -2.36. The minimum Gasteiger partial charge on any atom is -0.368 e. The molecular weight excluding hydrogens is 389 g/mol. The smallest absolute Gasteiger partial charge is 0.271 e. The molecule has 1 aliphatic rings. The summed E-state index contributed by atoms with van der Waals surface area (Å²) in [5.41, 5.74) is 1.75. The molecule has 0 atom stereocenters. The van der Waals surface area contributed by atoms with Gasteiger partial charge in [0.05, 0.1) is 15.0 Å². The van der Waals surface area contributed by atoms with Gasteiger partial charge < -0.3 is 9.80 Å². The van der Waals surface area contributed by atoms with E-state index < -0.39 is 4.92 Å². The number of aryl methyl sites for hydroxylation is 1. The highest BCUT2D eigenvalue weighted by molar-refractivity contribution is 6.42. The number of amides is 1. The third-order valence-electron chi connectivity index (χ3n) is 4.68. The van der Waals surface area contributed by atoms with Crippen LogP contribution in [0.25, 0.3) is 0 Å². The predicted molar refractivity (Wildman–Crippen MR) is 107 cm³/mol. The lowest BCUT2D eigenvalue weighted by molar-refractivity contribution is -0.384. The second-order valence-electron chi connectivity index (χ2n) is 6.36. The maximum Gasteiger partial charge on any atom is 0.271 e. The summed E-state index contributed by atoms with van der Waals surface area (Å²) in [5, 5.41) is 11.9. The van der Waals surface area contributed by atoms with Gasteiger partial charge in [-0.15, -0.1) is 0 Å². The average Bonchev–Trinajstić information content (AvgIpc) is 2.69. The van der Waals surface area contributed by atoms with Gasteiger partial charge in [0.1, 0.15) is 0 Å². The zero-order valence-electron chi connectivity index (χ0n) is 14.6. The lowest BCUT2D eigenvalue weighted by atomic mass is 10.1. The number of non-ortho nitro benzene ring substituents is 1. The Morgan fingerprint density at radius 2 is 1.78 bits per heavy atom. The van der Waals surface area contributed by atoms with Gasteiger partial charge >= 0.3 is 0 Å². The van der Waals surface area contributed by atoms with E-state index in [9.17, 15) is 14.9 Å². The van der Waals surface area contributed by atoms with Crippen LogP contribution in [-0.4, -0.2) is 41.9 Å². The van der Waals surface area contributed by atoms with Gasteiger partial charge in [-0.25, -0.2) is 0 Å². The van der Waals surface area contributed by atoms with Crippen molar-refractivity contribution >= 4 is 40.5 Å². The van der Waals surface area contributed by atoms with Gasteiger partial charge in [0, 0.05) is 50.4 Å². The fourth-order valence-corrected chi connectivity index (χ4v) is 3.57. The third-order valence-corrected chi connectivity index (χ3v) is 5.54. The highest BCUT2D eigenvalue weighted by Crippen LogP contribution is 2.27. The Morgan fingerprint density at radius 1 is 1.07 bits per heavy atom. The van der Waals surface area contributed by atoms with E-state index in [0.717, 1.165) is 11.3 Å². The summed E-state index contributed by atoms with van der Waals surface area (Å²) in [6.45, 7) is 2.46. The first-order valence-electron chi connectivity index (χ1n) is 8.66. The molecule has 1 fully saturated rings. The van der Waals surface area contributed by atoms with Crippen LogP contribution in [0.3, 0.4) is 0 Å². The minimum atomic E-state index is -0.399. The third kappa shape index (κ3) is 4.70. The van der Waals surface area contributed by atoms with Crippen molar-refractivity contribution < 1.29 is 9.72 Å². The normalized spacial score (nSPS) is 14.3. The molecule has 142 valence electrons. The fraction of sp³-hybridized carbons (Fsp3) is 0.316. The van der Waals surface area contributed by atoms with Gasteiger partial charge in [-0.3, -0.25) is 14.9 Å². The zero-order valence-corrected chi connectivity index (χ0v) is 16.1. The van der Waals surface area contributed by atoms with E-state index in [2.05, 4.69) is 4.90 Å². The van der Waals surface area contributed by atoms with E-state index in [1.807, 2.05) is 23.1 Å². The number of nitro benzene ring substituents is 1. The van der Waals surface area contributed by atoms with Crippen molar-refractivity contribution in [3.8, 4) is 0 Å². The van der Waals surface area contributed by atoms with Gasteiger partial charge in [-0.2, -0.15) is 0 Å². The van der Waals surface area contributed by atoms with Crippen molar-refractivity contribution in [2.24, 2.45) is 0 Å². The number of anilines is 1. The van der Waals surface area contributed by atoms with E-state index in [0.29, 0.717) is 49.1 Å². The van der Waals surface area contributed by atoms with Crippen LogP contribution in [0, 0.1) is 10.1 Å². The number of nitrogens with zero attached hydrogens (tertiary/aromatic N) is 3. The summed E-state index contributed by atoms with van der Waals surface area (Å²) in [7, 11) is 0. The average molecular weight is 408 g/mol. The first kappa shape index (κ1) is 19.5. The van der Waals surface area contributed by atoms with Gasteiger partial charge in [0.25, 0.3) is 5.69 Å². The molecule has 2 aromatic carbocycles. The topological polar surface area (TPSA) is 66.7 Å². The van der Waals surface area contributed by atoms with Crippen LogP contribution in [0.1, 0.15) is 12.0 Å². The number of benzene rings is 2. The number of rotatable bonds is 5. The minimum absolute atomic E-state index is 0.0735. The highest BCUT2D eigenvalue weighted by atomic mass is 35.5. The van der Waals surface area contributed by atoms with Crippen LogP contribution in [0.4, 0.5) is 11.4 Å². The number of hydrogen-bond acceptors (Lipinski definition) is 4. The summed E-state index contributed by atoms with van der Waals surface area (Å²) in [5.74, 6) is 0.0738.